The van der Waals surface area contributed by atoms with Crippen LogP contribution in [0.5, 0.6) is 0 Å². The number of ether oxygens (including phenoxy) is 1. The molecule has 120 valence electrons. The molecule has 6 nitrogen and oxygen atoms in total. The number of carbonyl (C=O) groups is 2. The number of nitrogens with one attached hydrogen (secondary N) is 2. The van der Waals surface area contributed by atoms with E-state index in [1.165, 1.54) is 7.05 Å². The van der Waals surface area contributed by atoms with Crippen LogP contribution in [0.4, 0.5) is 5.69 Å². The van der Waals surface area contributed by atoms with Gasteiger partial charge in [-0.2, -0.15) is 0 Å². The topological polar surface area (TPSA) is 93.5 Å². The van der Waals surface area contributed by atoms with E-state index in [-0.39, 0.29) is 18.4 Å². The molecule has 0 aliphatic carbocycles. The quantitative estimate of drug-likeness (QED) is 0.780. The second kappa shape index (κ2) is 7.09. The van der Waals surface area contributed by atoms with Crippen LogP contribution < -0.4 is 16.4 Å². The highest BCUT2D eigenvalue weighted by atomic mass is 35.5. The maximum atomic E-state index is 12.6. The van der Waals surface area contributed by atoms with Crippen molar-refractivity contribution in [3.63, 3.8) is 0 Å². The van der Waals surface area contributed by atoms with E-state index in [0.717, 1.165) is 0 Å². The first-order chi connectivity index (χ1) is 10.5. The second-order valence-corrected chi connectivity index (χ2v) is 5.73. The zero-order chi connectivity index (χ0) is 16.2. The van der Waals surface area contributed by atoms with Crippen LogP contribution in [0.3, 0.4) is 0 Å². The molecule has 1 saturated heterocycles. The Morgan fingerprint density at radius 2 is 2.05 bits per heavy atom. The molecule has 1 aliphatic rings. The molecule has 1 heterocycles. The maximum absolute atomic E-state index is 12.6. The lowest BCUT2D eigenvalue weighted by molar-refractivity contribution is -0.130. The van der Waals surface area contributed by atoms with Gasteiger partial charge in [0.1, 0.15) is 0 Å². The van der Waals surface area contributed by atoms with Crippen LogP contribution in [0.1, 0.15) is 23.2 Å². The molecule has 0 radical (unpaired) electrons. The summed E-state index contributed by atoms with van der Waals surface area (Å²) in [6, 6.07) is 4.81. The Hall–Kier alpha value is -1.63. The predicted octanol–water partition coefficient (Wildman–Crippen LogP) is 1.39. The van der Waals surface area contributed by atoms with Gasteiger partial charge in [-0.25, -0.2) is 0 Å². The lowest BCUT2D eigenvalue weighted by Crippen LogP contribution is -2.46. The van der Waals surface area contributed by atoms with Gasteiger partial charge in [-0.15, -0.1) is 0 Å². The lowest BCUT2D eigenvalue weighted by Gasteiger charge is -2.34. The molecule has 2 rings (SSSR count). The van der Waals surface area contributed by atoms with Crippen molar-refractivity contribution < 1.29 is 14.3 Å². The van der Waals surface area contributed by atoms with Gasteiger partial charge in [-0.1, -0.05) is 11.6 Å². The fourth-order valence-electron chi connectivity index (χ4n) is 2.46. The van der Waals surface area contributed by atoms with E-state index in [0.29, 0.717) is 42.3 Å². The van der Waals surface area contributed by atoms with Crippen LogP contribution in [0, 0.1) is 5.41 Å². The Balaban J connectivity index is 2.19. The summed E-state index contributed by atoms with van der Waals surface area (Å²) < 4.78 is 5.30. The van der Waals surface area contributed by atoms with E-state index in [1.807, 2.05) is 0 Å². The van der Waals surface area contributed by atoms with E-state index in [1.54, 1.807) is 18.2 Å². The predicted molar refractivity (Wildman–Crippen MR) is 85.0 cm³/mol. The summed E-state index contributed by atoms with van der Waals surface area (Å²) in [6.07, 6.45) is 1.18. The SMILES string of the molecule is CNC(=O)c1cc(NC(=O)C2(CN)CCOCC2)ccc1Cl. The number of hydrogen-bond donors (Lipinski definition) is 3. The number of nitrogens with two attached hydrogens (primary N) is 1. The molecule has 0 aromatic heterocycles. The third-order valence-electron chi connectivity index (χ3n) is 4.02. The van der Waals surface area contributed by atoms with Crippen molar-refractivity contribution in [2.45, 2.75) is 12.8 Å². The number of amides is 2. The van der Waals surface area contributed by atoms with Crippen molar-refractivity contribution in [2.24, 2.45) is 11.1 Å². The number of hydrogen-bond acceptors (Lipinski definition) is 4. The molecule has 0 unspecified atom stereocenters. The molecule has 0 spiro atoms. The van der Waals surface area contributed by atoms with Crippen LogP contribution in [-0.4, -0.2) is 38.6 Å². The second-order valence-electron chi connectivity index (χ2n) is 5.32. The Labute approximate surface area is 134 Å². The summed E-state index contributed by atoms with van der Waals surface area (Å²) >= 11 is 6.00. The molecule has 0 bridgehead atoms. The van der Waals surface area contributed by atoms with Crippen LogP contribution in [-0.2, 0) is 9.53 Å². The van der Waals surface area contributed by atoms with Gasteiger partial charge in [0.25, 0.3) is 5.91 Å². The first kappa shape index (κ1) is 16.7. The van der Waals surface area contributed by atoms with Crippen molar-refractivity contribution in [3.8, 4) is 0 Å². The summed E-state index contributed by atoms with van der Waals surface area (Å²) in [7, 11) is 1.52. The van der Waals surface area contributed by atoms with Crippen molar-refractivity contribution in [1.82, 2.24) is 5.32 Å². The van der Waals surface area contributed by atoms with Gasteiger partial charge in [0.05, 0.1) is 16.0 Å². The smallest absolute Gasteiger partial charge is 0.252 e. The zero-order valence-corrected chi connectivity index (χ0v) is 13.2. The average molecular weight is 326 g/mol. The summed E-state index contributed by atoms with van der Waals surface area (Å²) in [5.41, 5.74) is 6.03. The van der Waals surface area contributed by atoms with Gasteiger partial charge in [0, 0.05) is 32.5 Å². The van der Waals surface area contributed by atoms with Crippen molar-refractivity contribution in [3.05, 3.63) is 28.8 Å². The molecule has 1 aromatic carbocycles. The Bertz CT molecular complexity index is 571. The Kier molecular flexibility index (Phi) is 5.39. The third-order valence-corrected chi connectivity index (χ3v) is 4.35. The van der Waals surface area contributed by atoms with E-state index in [4.69, 9.17) is 22.1 Å². The van der Waals surface area contributed by atoms with E-state index >= 15 is 0 Å². The van der Waals surface area contributed by atoms with Gasteiger partial charge in [0.15, 0.2) is 0 Å². The molecule has 1 fully saturated rings. The largest absolute Gasteiger partial charge is 0.381 e. The fraction of sp³-hybridized carbons (Fsp3) is 0.467. The first-order valence-electron chi connectivity index (χ1n) is 7.13. The molecule has 4 N–H and O–H groups in total. The van der Waals surface area contributed by atoms with Gasteiger partial charge in [-0.3, -0.25) is 9.59 Å². The van der Waals surface area contributed by atoms with E-state index in [2.05, 4.69) is 10.6 Å². The number of halogens is 1. The molecule has 2 amide bonds. The molecule has 1 aliphatic heterocycles. The summed E-state index contributed by atoms with van der Waals surface area (Å²) in [6.45, 7) is 1.31. The van der Waals surface area contributed by atoms with Crippen LogP contribution in [0.25, 0.3) is 0 Å². The van der Waals surface area contributed by atoms with Gasteiger partial charge in [-0.05, 0) is 31.0 Å². The maximum Gasteiger partial charge on any atom is 0.252 e. The van der Waals surface area contributed by atoms with Gasteiger partial charge >= 0.3 is 0 Å². The Morgan fingerprint density at radius 3 is 2.64 bits per heavy atom. The van der Waals surface area contributed by atoms with Crippen LogP contribution in [0.15, 0.2) is 18.2 Å². The van der Waals surface area contributed by atoms with Crippen molar-refractivity contribution >= 4 is 29.1 Å². The number of rotatable bonds is 4. The normalized spacial score (nSPS) is 16.9. The highest BCUT2D eigenvalue weighted by Crippen LogP contribution is 2.31. The number of carbonyl (C=O) groups excluding carboxylic acids is 2. The highest BCUT2D eigenvalue weighted by Gasteiger charge is 2.38. The minimum absolute atomic E-state index is 0.150. The molecular formula is C15H20ClN3O3. The molecule has 1 aromatic rings. The zero-order valence-electron chi connectivity index (χ0n) is 12.4. The molecule has 0 saturated carbocycles. The standard InChI is InChI=1S/C15H20ClN3O3/c1-18-13(20)11-8-10(2-3-12(11)16)19-14(21)15(9-17)4-6-22-7-5-15/h2-3,8H,4-7,9,17H2,1H3,(H,18,20)(H,19,21). The average Bonchev–Trinajstić information content (AvgIpc) is 2.56. The molecule has 22 heavy (non-hydrogen) atoms. The van der Waals surface area contributed by atoms with E-state index in [9.17, 15) is 9.59 Å². The highest BCUT2D eigenvalue weighted by molar-refractivity contribution is 6.34. The summed E-state index contributed by atoms with van der Waals surface area (Å²) in [5, 5.41) is 5.68. The lowest BCUT2D eigenvalue weighted by atomic mass is 9.79. The summed E-state index contributed by atoms with van der Waals surface area (Å²) in [5.74, 6) is -0.454. The monoisotopic (exact) mass is 325 g/mol. The van der Waals surface area contributed by atoms with Gasteiger partial charge < -0.3 is 21.1 Å². The molecular weight excluding hydrogens is 306 g/mol. The Morgan fingerprint density at radius 1 is 1.36 bits per heavy atom. The summed E-state index contributed by atoms with van der Waals surface area (Å²) in [4.78, 5) is 24.3. The number of anilines is 1. The van der Waals surface area contributed by atoms with E-state index < -0.39 is 5.41 Å². The van der Waals surface area contributed by atoms with Crippen molar-refractivity contribution in [2.75, 3.05) is 32.1 Å². The minimum Gasteiger partial charge on any atom is -0.381 e. The molecule has 7 heteroatoms. The number of benzene rings is 1. The van der Waals surface area contributed by atoms with Gasteiger partial charge in [0.2, 0.25) is 5.91 Å². The van der Waals surface area contributed by atoms with Crippen LogP contribution in [0.2, 0.25) is 5.02 Å². The molecule has 0 atom stereocenters. The minimum atomic E-state index is -0.620. The van der Waals surface area contributed by atoms with Crippen LogP contribution >= 0.6 is 11.6 Å². The fourth-order valence-corrected chi connectivity index (χ4v) is 2.66. The van der Waals surface area contributed by atoms with Crippen molar-refractivity contribution in [1.29, 1.82) is 0 Å². The first-order valence-corrected chi connectivity index (χ1v) is 7.51. The third kappa shape index (κ3) is 3.40.